The van der Waals surface area contributed by atoms with Crippen LogP contribution >= 0.6 is 11.3 Å². The van der Waals surface area contributed by atoms with Crippen LogP contribution in [0.2, 0.25) is 0 Å². The van der Waals surface area contributed by atoms with Gasteiger partial charge < -0.3 is 4.90 Å². The molecule has 0 spiro atoms. The van der Waals surface area contributed by atoms with Gasteiger partial charge in [0.05, 0.1) is 29.8 Å². The number of rotatable bonds is 3. The fourth-order valence-corrected chi connectivity index (χ4v) is 4.29. The number of benzene rings is 2. The van der Waals surface area contributed by atoms with Crippen LogP contribution in [0.4, 0.5) is 8.78 Å². The van der Waals surface area contributed by atoms with Crippen LogP contribution in [0.3, 0.4) is 0 Å². The second-order valence-corrected chi connectivity index (χ2v) is 7.64. The van der Waals surface area contributed by atoms with E-state index in [4.69, 9.17) is 0 Å². The Morgan fingerprint density at radius 1 is 1.14 bits per heavy atom. The summed E-state index contributed by atoms with van der Waals surface area (Å²) in [6.07, 6.45) is 1.85. The number of hydrogen-bond acceptors (Lipinski definition) is 4. The van der Waals surface area contributed by atoms with Crippen LogP contribution in [0.15, 0.2) is 42.0 Å². The maximum atomic E-state index is 14.7. The quantitative estimate of drug-likeness (QED) is 0.523. The molecule has 8 heteroatoms. The van der Waals surface area contributed by atoms with Crippen molar-refractivity contribution in [3.05, 3.63) is 69.8 Å². The SMILES string of the molecule is Cn1cc2cc(-c3cc(F)c(CN4Cc5ncsc5C4=O)c(F)c3)ccc2n1. The van der Waals surface area contributed by atoms with Crippen molar-refractivity contribution in [1.82, 2.24) is 19.7 Å². The molecule has 0 fully saturated rings. The number of fused-ring (bicyclic) bond motifs is 2. The average molecular weight is 396 g/mol. The van der Waals surface area contributed by atoms with E-state index in [1.54, 1.807) is 16.3 Å². The van der Waals surface area contributed by atoms with E-state index in [1.165, 1.54) is 28.4 Å². The van der Waals surface area contributed by atoms with Crippen LogP contribution in [0, 0.1) is 11.6 Å². The molecule has 28 heavy (non-hydrogen) atoms. The Bertz CT molecular complexity index is 1220. The number of carbonyl (C=O) groups excluding carboxylic acids is 1. The van der Waals surface area contributed by atoms with E-state index in [0.29, 0.717) is 21.7 Å². The number of halogens is 2. The van der Waals surface area contributed by atoms with Crippen LogP contribution in [-0.2, 0) is 20.1 Å². The number of hydrogen-bond donors (Lipinski definition) is 0. The van der Waals surface area contributed by atoms with Gasteiger partial charge in [0.1, 0.15) is 16.5 Å². The van der Waals surface area contributed by atoms with Crippen molar-refractivity contribution in [3.63, 3.8) is 0 Å². The normalized spacial score (nSPS) is 13.5. The van der Waals surface area contributed by atoms with Gasteiger partial charge in [0.25, 0.3) is 5.91 Å². The maximum absolute atomic E-state index is 14.7. The Labute approximate surface area is 162 Å². The third kappa shape index (κ3) is 2.68. The molecule has 0 bridgehead atoms. The molecule has 0 aliphatic carbocycles. The number of aromatic nitrogens is 3. The molecule has 1 amide bonds. The summed E-state index contributed by atoms with van der Waals surface area (Å²) in [6, 6.07) is 8.08. The maximum Gasteiger partial charge on any atom is 0.266 e. The first-order chi connectivity index (χ1) is 13.5. The van der Waals surface area contributed by atoms with E-state index >= 15 is 0 Å². The Morgan fingerprint density at radius 2 is 1.93 bits per heavy atom. The van der Waals surface area contributed by atoms with E-state index in [2.05, 4.69) is 10.1 Å². The summed E-state index contributed by atoms with van der Waals surface area (Å²) in [7, 11) is 1.82. The summed E-state index contributed by atoms with van der Waals surface area (Å²) in [5, 5.41) is 5.20. The van der Waals surface area contributed by atoms with Gasteiger partial charge in [-0.25, -0.2) is 13.8 Å². The third-order valence-electron chi connectivity index (χ3n) is 4.91. The fourth-order valence-electron chi connectivity index (χ4n) is 3.52. The first-order valence-electron chi connectivity index (χ1n) is 8.63. The predicted octanol–water partition coefficient (Wildman–Crippen LogP) is 4.13. The zero-order chi connectivity index (χ0) is 19.4. The lowest BCUT2D eigenvalue weighted by atomic mass is 10.0. The number of amides is 1. The van der Waals surface area contributed by atoms with Crippen molar-refractivity contribution in [2.24, 2.45) is 7.05 Å². The first kappa shape index (κ1) is 17.0. The van der Waals surface area contributed by atoms with Crippen LogP contribution in [0.1, 0.15) is 20.9 Å². The summed E-state index contributed by atoms with van der Waals surface area (Å²) in [6.45, 7) is 0.150. The largest absolute Gasteiger partial charge is 0.327 e. The van der Waals surface area contributed by atoms with Gasteiger partial charge in [0.2, 0.25) is 0 Å². The molecule has 0 unspecified atom stereocenters. The van der Waals surface area contributed by atoms with Crippen LogP contribution in [0.5, 0.6) is 0 Å². The van der Waals surface area contributed by atoms with E-state index in [0.717, 1.165) is 10.9 Å². The predicted molar refractivity (Wildman–Crippen MR) is 102 cm³/mol. The highest BCUT2D eigenvalue weighted by molar-refractivity contribution is 7.12. The molecule has 0 atom stereocenters. The molecular weight excluding hydrogens is 382 g/mol. The van der Waals surface area contributed by atoms with Crippen molar-refractivity contribution >= 4 is 28.1 Å². The van der Waals surface area contributed by atoms with E-state index in [1.807, 2.05) is 25.4 Å². The van der Waals surface area contributed by atoms with Crippen molar-refractivity contribution < 1.29 is 13.6 Å². The summed E-state index contributed by atoms with van der Waals surface area (Å²) >= 11 is 1.25. The van der Waals surface area contributed by atoms with Gasteiger partial charge in [-0.2, -0.15) is 5.10 Å². The van der Waals surface area contributed by atoms with Crippen molar-refractivity contribution in [2.45, 2.75) is 13.1 Å². The Morgan fingerprint density at radius 3 is 2.68 bits per heavy atom. The van der Waals surface area contributed by atoms with Gasteiger partial charge in [0.15, 0.2) is 0 Å². The van der Waals surface area contributed by atoms with E-state index in [9.17, 15) is 13.6 Å². The lowest BCUT2D eigenvalue weighted by Crippen LogP contribution is -2.24. The standard InChI is InChI=1S/C20H14F2N4OS/c1-25-7-13-4-11(2-3-17(13)24-25)12-5-15(21)14(16(22)6-12)8-26-9-18-19(20(26)27)28-10-23-18/h2-7,10H,8-9H2,1H3. The zero-order valence-corrected chi connectivity index (χ0v) is 15.6. The first-order valence-corrected chi connectivity index (χ1v) is 9.51. The second kappa shape index (κ2) is 6.20. The summed E-state index contributed by atoms with van der Waals surface area (Å²) < 4.78 is 31.2. The smallest absolute Gasteiger partial charge is 0.266 e. The van der Waals surface area contributed by atoms with Crippen molar-refractivity contribution in [3.8, 4) is 11.1 Å². The number of nitrogens with zero attached hydrogens (tertiary/aromatic N) is 4. The number of thiazole rings is 1. The molecular formula is C20H14F2N4OS. The minimum atomic E-state index is -0.669. The molecule has 1 aliphatic rings. The van der Waals surface area contributed by atoms with E-state index < -0.39 is 11.6 Å². The van der Waals surface area contributed by atoms with Gasteiger partial charge in [0, 0.05) is 24.2 Å². The van der Waals surface area contributed by atoms with Gasteiger partial charge in [-0.3, -0.25) is 9.48 Å². The van der Waals surface area contributed by atoms with Gasteiger partial charge in [-0.05, 0) is 35.4 Å². The minimum Gasteiger partial charge on any atom is -0.327 e. The highest BCUT2D eigenvalue weighted by Gasteiger charge is 2.31. The van der Waals surface area contributed by atoms with Crippen LogP contribution in [0.25, 0.3) is 22.0 Å². The average Bonchev–Trinajstić information content (AvgIpc) is 3.33. The lowest BCUT2D eigenvalue weighted by molar-refractivity contribution is 0.0766. The van der Waals surface area contributed by atoms with Gasteiger partial charge >= 0.3 is 0 Å². The highest BCUT2D eigenvalue weighted by Crippen LogP contribution is 2.30. The van der Waals surface area contributed by atoms with E-state index in [-0.39, 0.29) is 24.6 Å². The Balaban J connectivity index is 1.46. The fraction of sp³-hybridized carbons (Fsp3) is 0.150. The Kier molecular flexibility index (Phi) is 3.77. The molecule has 140 valence electrons. The van der Waals surface area contributed by atoms with Crippen LogP contribution < -0.4 is 0 Å². The topological polar surface area (TPSA) is 51.0 Å². The van der Waals surface area contributed by atoms with Crippen molar-refractivity contribution in [2.75, 3.05) is 0 Å². The highest BCUT2D eigenvalue weighted by atomic mass is 32.1. The molecule has 5 rings (SSSR count). The monoisotopic (exact) mass is 396 g/mol. The Hall–Kier alpha value is -3.13. The summed E-state index contributed by atoms with van der Waals surface area (Å²) in [5.41, 5.74) is 4.12. The molecule has 5 nitrogen and oxygen atoms in total. The molecule has 0 N–H and O–H groups in total. The zero-order valence-electron chi connectivity index (χ0n) is 14.8. The molecule has 0 saturated carbocycles. The van der Waals surface area contributed by atoms with Crippen molar-refractivity contribution in [1.29, 1.82) is 0 Å². The lowest BCUT2D eigenvalue weighted by Gasteiger charge is -2.17. The van der Waals surface area contributed by atoms with Gasteiger partial charge in [-0.1, -0.05) is 6.07 Å². The second-order valence-electron chi connectivity index (χ2n) is 6.78. The molecule has 1 aliphatic heterocycles. The number of carbonyl (C=O) groups is 1. The summed E-state index contributed by atoms with van der Waals surface area (Å²) in [5.74, 6) is -1.57. The molecule has 0 radical (unpaired) electrons. The van der Waals surface area contributed by atoms with Crippen LogP contribution in [-0.4, -0.2) is 25.6 Å². The van der Waals surface area contributed by atoms with Gasteiger partial charge in [-0.15, -0.1) is 11.3 Å². The number of aryl methyl sites for hydroxylation is 1. The minimum absolute atomic E-state index is 0.116. The molecule has 3 heterocycles. The molecule has 0 saturated heterocycles. The molecule has 2 aromatic carbocycles. The molecule has 4 aromatic rings. The summed E-state index contributed by atoms with van der Waals surface area (Å²) in [4.78, 5) is 18.4. The molecule has 2 aromatic heterocycles. The third-order valence-corrected chi connectivity index (χ3v) is 5.76.